The van der Waals surface area contributed by atoms with Crippen LogP contribution in [0.2, 0.25) is 0 Å². The molecule has 0 aliphatic carbocycles. The van der Waals surface area contributed by atoms with Gasteiger partial charge in [-0.2, -0.15) is 5.26 Å². The molecule has 1 heterocycles. The molecule has 1 fully saturated rings. The molecular formula is C26H33BrN4O3. The van der Waals surface area contributed by atoms with Crippen molar-refractivity contribution in [3.05, 3.63) is 65.7 Å². The number of halogens is 1. The summed E-state index contributed by atoms with van der Waals surface area (Å²) in [7, 11) is 1.43. The number of rotatable bonds is 9. The van der Waals surface area contributed by atoms with Gasteiger partial charge in [-0.05, 0) is 48.9 Å². The number of methoxy groups -OCH3 is 1. The molecule has 0 bridgehead atoms. The minimum absolute atomic E-state index is 0. The van der Waals surface area contributed by atoms with Crippen molar-refractivity contribution in [2.45, 2.75) is 25.7 Å². The first-order valence-corrected chi connectivity index (χ1v) is 11.5. The average Bonchev–Trinajstić information content (AvgIpc) is 2.83. The highest BCUT2D eigenvalue weighted by Crippen LogP contribution is 2.27. The summed E-state index contributed by atoms with van der Waals surface area (Å²) in [5.74, 6) is 0.400. The largest absolute Gasteiger partial charge is 1.00 e. The SMILES string of the molecule is COC(=O)C[N+]1(CCCN(C(N)=O)c2cccc(C#N)c2)CCC(Cc2ccccc2)CC1.[Br-]. The molecule has 0 radical (unpaired) electrons. The number of carbonyl (C=O) groups is 2. The second kappa shape index (κ2) is 13.1. The fourth-order valence-electron chi connectivity index (χ4n) is 4.79. The summed E-state index contributed by atoms with van der Waals surface area (Å²) in [6.07, 6.45) is 3.86. The molecular weight excluding hydrogens is 496 g/mol. The number of amides is 2. The van der Waals surface area contributed by atoms with Gasteiger partial charge in [0.15, 0.2) is 6.54 Å². The summed E-state index contributed by atoms with van der Waals surface area (Å²) in [4.78, 5) is 25.8. The van der Waals surface area contributed by atoms with Crippen LogP contribution in [0.25, 0.3) is 0 Å². The fourth-order valence-corrected chi connectivity index (χ4v) is 4.79. The summed E-state index contributed by atoms with van der Waals surface area (Å²) in [6, 6.07) is 19.0. The second-order valence-corrected chi connectivity index (χ2v) is 8.89. The zero-order valence-corrected chi connectivity index (χ0v) is 21.2. The third-order valence-corrected chi connectivity index (χ3v) is 6.65. The molecule has 1 saturated heterocycles. The van der Waals surface area contributed by atoms with Gasteiger partial charge in [0.25, 0.3) is 0 Å². The number of piperidine rings is 1. The Balaban J connectivity index is 0.00000408. The Kier molecular flexibility index (Phi) is 10.6. The van der Waals surface area contributed by atoms with E-state index in [0.29, 0.717) is 41.2 Å². The van der Waals surface area contributed by atoms with Crippen molar-refractivity contribution in [1.82, 2.24) is 0 Å². The van der Waals surface area contributed by atoms with Gasteiger partial charge >= 0.3 is 12.0 Å². The van der Waals surface area contributed by atoms with Crippen LogP contribution in [0.5, 0.6) is 0 Å². The Morgan fingerprint density at radius 2 is 1.85 bits per heavy atom. The van der Waals surface area contributed by atoms with E-state index in [1.807, 2.05) is 6.07 Å². The monoisotopic (exact) mass is 528 g/mol. The second-order valence-electron chi connectivity index (χ2n) is 8.89. The van der Waals surface area contributed by atoms with Gasteiger partial charge in [0, 0.05) is 18.7 Å². The van der Waals surface area contributed by atoms with Crippen LogP contribution in [0.15, 0.2) is 54.6 Å². The van der Waals surface area contributed by atoms with Gasteiger partial charge < -0.3 is 31.9 Å². The number of quaternary nitrogens is 1. The lowest BCUT2D eigenvalue weighted by Gasteiger charge is -2.43. The number of primary amides is 1. The molecule has 0 saturated carbocycles. The highest BCUT2D eigenvalue weighted by atomic mass is 79.9. The Bertz CT molecular complexity index is 985. The van der Waals surface area contributed by atoms with Gasteiger partial charge in [0.1, 0.15) is 0 Å². The maximum absolute atomic E-state index is 12.2. The lowest BCUT2D eigenvalue weighted by molar-refractivity contribution is -0.927. The quantitative estimate of drug-likeness (QED) is 0.378. The minimum atomic E-state index is -0.550. The highest BCUT2D eigenvalue weighted by Gasteiger charge is 2.36. The molecule has 2 aromatic rings. The van der Waals surface area contributed by atoms with Crippen molar-refractivity contribution >= 4 is 17.7 Å². The first kappa shape index (κ1) is 27.4. The first-order chi connectivity index (χ1) is 15.9. The van der Waals surface area contributed by atoms with Gasteiger partial charge in [-0.3, -0.25) is 4.90 Å². The maximum atomic E-state index is 12.2. The molecule has 0 aromatic heterocycles. The number of likely N-dealkylation sites (tertiary alicyclic amines) is 1. The smallest absolute Gasteiger partial charge is 0.361 e. The summed E-state index contributed by atoms with van der Waals surface area (Å²) >= 11 is 0. The number of esters is 1. The predicted molar refractivity (Wildman–Crippen MR) is 127 cm³/mol. The van der Waals surface area contributed by atoms with Gasteiger partial charge in [-0.15, -0.1) is 0 Å². The Hall–Kier alpha value is -2.89. The van der Waals surface area contributed by atoms with Crippen LogP contribution in [-0.4, -0.2) is 56.3 Å². The zero-order valence-electron chi connectivity index (χ0n) is 19.7. The fraction of sp³-hybridized carbons (Fsp3) is 0.423. The average molecular weight is 529 g/mol. The Morgan fingerprint density at radius 3 is 2.47 bits per heavy atom. The molecule has 2 amide bonds. The number of urea groups is 1. The van der Waals surface area contributed by atoms with Crippen LogP contribution in [0.3, 0.4) is 0 Å². The van der Waals surface area contributed by atoms with E-state index in [0.717, 1.165) is 38.9 Å². The van der Waals surface area contributed by atoms with Crippen molar-refractivity contribution in [2.75, 3.05) is 44.7 Å². The minimum Gasteiger partial charge on any atom is -1.00 e. The van der Waals surface area contributed by atoms with Crippen molar-refractivity contribution < 1.29 is 35.8 Å². The van der Waals surface area contributed by atoms with Crippen LogP contribution in [0.1, 0.15) is 30.4 Å². The third-order valence-electron chi connectivity index (χ3n) is 6.65. The number of nitriles is 1. The molecule has 1 aliphatic rings. The molecule has 0 atom stereocenters. The van der Waals surface area contributed by atoms with E-state index in [1.54, 1.807) is 24.3 Å². The molecule has 2 aromatic carbocycles. The van der Waals surface area contributed by atoms with Crippen molar-refractivity contribution in [1.29, 1.82) is 5.26 Å². The number of carbonyl (C=O) groups excluding carboxylic acids is 2. The van der Waals surface area contributed by atoms with E-state index in [9.17, 15) is 9.59 Å². The number of hydrogen-bond acceptors (Lipinski definition) is 4. The van der Waals surface area contributed by atoms with E-state index in [-0.39, 0.29) is 23.0 Å². The Labute approximate surface area is 212 Å². The van der Waals surface area contributed by atoms with Crippen molar-refractivity contribution in [3.8, 4) is 6.07 Å². The van der Waals surface area contributed by atoms with Crippen LogP contribution in [0.4, 0.5) is 10.5 Å². The Morgan fingerprint density at radius 1 is 1.15 bits per heavy atom. The summed E-state index contributed by atoms with van der Waals surface area (Å²) < 4.78 is 5.66. The molecule has 0 unspecified atom stereocenters. The summed E-state index contributed by atoms with van der Waals surface area (Å²) in [5.41, 5.74) is 8.08. The van der Waals surface area contributed by atoms with E-state index < -0.39 is 6.03 Å². The van der Waals surface area contributed by atoms with Crippen LogP contribution in [-0.2, 0) is 16.0 Å². The summed E-state index contributed by atoms with van der Waals surface area (Å²) in [6.45, 7) is 3.35. The van der Waals surface area contributed by atoms with E-state index in [1.165, 1.54) is 17.6 Å². The van der Waals surface area contributed by atoms with E-state index in [4.69, 9.17) is 15.7 Å². The van der Waals surface area contributed by atoms with E-state index in [2.05, 4.69) is 30.3 Å². The van der Waals surface area contributed by atoms with Gasteiger partial charge in [-0.1, -0.05) is 36.4 Å². The van der Waals surface area contributed by atoms with Crippen molar-refractivity contribution in [3.63, 3.8) is 0 Å². The molecule has 1 aliphatic heterocycles. The molecule has 3 rings (SSSR count). The van der Waals surface area contributed by atoms with Gasteiger partial charge in [-0.25, -0.2) is 9.59 Å². The molecule has 7 nitrogen and oxygen atoms in total. The number of hydrogen-bond donors (Lipinski definition) is 1. The molecule has 34 heavy (non-hydrogen) atoms. The molecule has 8 heteroatoms. The van der Waals surface area contributed by atoms with Crippen molar-refractivity contribution in [2.24, 2.45) is 11.7 Å². The van der Waals surface area contributed by atoms with Crippen LogP contribution < -0.4 is 27.6 Å². The van der Waals surface area contributed by atoms with Gasteiger partial charge in [0.05, 0.1) is 38.4 Å². The third kappa shape index (κ3) is 7.57. The number of nitrogens with two attached hydrogens (primary N) is 1. The molecule has 182 valence electrons. The predicted octanol–water partition coefficient (Wildman–Crippen LogP) is 0.480. The van der Waals surface area contributed by atoms with Gasteiger partial charge in [0.2, 0.25) is 0 Å². The molecule has 0 spiro atoms. The maximum Gasteiger partial charge on any atom is 0.361 e. The lowest BCUT2D eigenvalue weighted by atomic mass is 9.88. The lowest BCUT2D eigenvalue weighted by Crippen LogP contribution is -3.00. The standard InChI is InChI=1S/C26H32N4O3.BrH/c1-33-25(31)20-30(15-11-22(12-16-30)17-21-7-3-2-4-8-21)14-6-13-29(26(28)32)24-10-5-9-23(18-24)19-27;/h2-5,7-10,18,22H,6,11-17,20H2,1H3,(H-,28,32);1H. The summed E-state index contributed by atoms with van der Waals surface area (Å²) in [5, 5.41) is 9.15. The normalized spacial score (nSPS) is 19.4. The number of anilines is 1. The molecule has 2 N–H and O–H groups in total. The first-order valence-electron chi connectivity index (χ1n) is 11.5. The number of ether oxygens (including phenoxy) is 1. The zero-order chi connectivity index (χ0) is 23.7. The number of nitrogens with zero attached hydrogens (tertiary/aromatic N) is 3. The van der Waals surface area contributed by atoms with Crippen LogP contribution in [0, 0.1) is 17.2 Å². The number of benzene rings is 2. The van der Waals surface area contributed by atoms with E-state index >= 15 is 0 Å². The topological polar surface area (TPSA) is 96.4 Å². The highest BCUT2D eigenvalue weighted by molar-refractivity contribution is 5.90. The van der Waals surface area contributed by atoms with Crippen LogP contribution >= 0.6 is 0 Å².